The summed E-state index contributed by atoms with van der Waals surface area (Å²) in [6.07, 6.45) is 2.86. The van der Waals surface area contributed by atoms with Crippen LogP contribution in [0.25, 0.3) is 16.9 Å². The van der Waals surface area contributed by atoms with Crippen molar-refractivity contribution in [3.63, 3.8) is 0 Å². The fraction of sp³-hybridized carbons (Fsp3) is 0.167. The smallest absolute Gasteiger partial charge is 0.224 e. The number of aryl methyl sites for hydroxylation is 1. The molecule has 6 heteroatoms. The minimum Gasteiger partial charge on any atom is -0.497 e. The van der Waals surface area contributed by atoms with E-state index in [1.54, 1.807) is 32.4 Å². The number of nitrogens with zero attached hydrogens (tertiary/aromatic N) is 2. The molecule has 0 radical (unpaired) electrons. The van der Waals surface area contributed by atoms with Gasteiger partial charge >= 0.3 is 0 Å². The van der Waals surface area contributed by atoms with E-state index < -0.39 is 0 Å². The second-order valence-corrected chi connectivity index (χ2v) is 6.85. The van der Waals surface area contributed by atoms with Crippen molar-refractivity contribution in [3.8, 4) is 22.8 Å². The SMILES string of the molecule is COc1cc(NC(=O)CCc2c(-c3ccccc3)nc3ccccn23)cc(OC)c1. The summed E-state index contributed by atoms with van der Waals surface area (Å²) in [4.78, 5) is 17.5. The van der Waals surface area contributed by atoms with Crippen molar-refractivity contribution >= 4 is 17.2 Å². The molecule has 30 heavy (non-hydrogen) atoms. The summed E-state index contributed by atoms with van der Waals surface area (Å²) in [7, 11) is 3.16. The van der Waals surface area contributed by atoms with Gasteiger partial charge in [-0.25, -0.2) is 4.98 Å². The van der Waals surface area contributed by atoms with E-state index in [1.165, 1.54) is 0 Å². The van der Waals surface area contributed by atoms with E-state index in [1.807, 2.05) is 59.1 Å². The van der Waals surface area contributed by atoms with Gasteiger partial charge in [0.25, 0.3) is 0 Å². The third kappa shape index (κ3) is 4.12. The number of rotatable bonds is 7. The molecule has 4 aromatic rings. The van der Waals surface area contributed by atoms with Crippen molar-refractivity contribution in [1.29, 1.82) is 0 Å². The number of carbonyl (C=O) groups is 1. The second kappa shape index (κ2) is 8.69. The number of anilines is 1. The molecule has 2 heterocycles. The molecule has 6 nitrogen and oxygen atoms in total. The van der Waals surface area contributed by atoms with E-state index in [0.29, 0.717) is 30.0 Å². The summed E-state index contributed by atoms with van der Waals surface area (Å²) in [5.41, 5.74) is 4.45. The van der Waals surface area contributed by atoms with E-state index in [2.05, 4.69) is 5.32 Å². The molecule has 0 fully saturated rings. The van der Waals surface area contributed by atoms with Crippen LogP contribution >= 0.6 is 0 Å². The van der Waals surface area contributed by atoms with Crippen LogP contribution in [0.2, 0.25) is 0 Å². The van der Waals surface area contributed by atoms with E-state index in [0.717, 1.165) is 22.6 Å². The molecule has 0 spiro atoms. The Hall–Kier alpha value is -3.80. The lowest BCUT2D eigenvalue weighted by Crippen LogP contribution is -2.13. The topological polar surface area (TPSA) is 64.9 Å². The molecule has 1 amide bonds. The number of imidazole rings is 1. The zero-order valence-electron chi connectivity index (χ0n) is 17.0. The zero-order valence-corrected chi connectivity index (χ0v) is 17.0. The molecule has 152 valence electrons. The molecule has 0 aliphatic rings. The van der Waals surface area contributed by atoms with Gasteiger partial charge in [-0.1, -0.05) is 36.4 Å². The monoisotopic (exact) mass is 401 g/mol. The molecule has 0 aliphatic carbocycles. The number of nitrogens with one attached hydrogen (secondary N) is 1. The first-order valence-electron chi connectivity index (χ1n) is 9.72. The largest absolute Gasteiger partial charge is 0.497 e. The van der Waals surface area contributed by atoms with Crippen LogP contribution in [0.1, 0.15) is 12.1 Å². The molecule has 1 N–H and O–H groups in total. The Balaban J connectivity index is 1.56. The predicted molar refractivity (Wildman–Crippen MR) is 117 cm³/mol. The predicted octanol–water partition coefficient (Wildman–Crippen LogP) is 4.59. The van der Waals surface area contributed by atoms with Gasteiger partial charge in [0.15, 0.2) is 0 Å². The van der Waals surface area contributed by atoms with Gasteiger partial charge in [0.2, 0.25) is 5.91 Å². The number of methoxy groups -OCH3 is 2. The number of hydrogen-bond donors (Lipinski definition) is 1. The van der Waals surface area contributed by atoms with Crippen molar-refractivity contribution < 1.29 is 14.3 Å². The maximum Gasteiger partial charge on any atom is 0.224 e. The van der Waals surface area contributed by atoms with E-state index in [4.69, 9.17) is 14.5 Å². The lowest BCUT2D eigenvalue weighted by atomic mass is 10.1. The highest BCUT2D eigenvalue weighted by atomic mass is 16.5. The van der Waals surface area contributed by atoms with Crippen molar-refractivity contribution in [3.05, 3.63) is 78.6 Å². The first-order chi connectivity index (χ1) is 14.7. The molecule has 0 bridgehead atoms. The Bertz CT molecular complexity index is 1150. The quantitative estimate of drug-likeness (QED) is 0.492. The number of hydrogen-bond acceptors (Lipinski definition) is 4. The van der Waals surface area contributed by atoms with Crippen LogP contribution in [0, 0.1) is 0 Å². The Labute approximate surface area is 175 Å². The molecular weight excluding hydrogens is 378 g/mol. The minimum absolute atomic E-state index is 0.0878. The van der Waals surface area contributed by atoms with Gasteiger partial charge in [0.05, 0.1) is 25.6 Å². The number of fused-ring (bicyclic) bond motifs is 1. The molecule has 0 saturated heterocycles. The van der Waals surface area contributed by atoms with E-state index >= 15 is 0 Å². The number of carbonyl (C=O) groups excluding carboxylic acids is 1. The number of benzene rings is 2. The minimum atomic E-state index is -0.0878. The van der Waals surface area contributed by atoms with Crippen LogP contribution < -0.4 is 14.8 Å². The van der Waals surface area contributed by atoms with Gasteiger partial charge in [-0.2, -0.15) is 0 Å². The van der Waals surface area contributed by atoms with Crippen molar-refractivity contribution in [1.82, 2.24) is 9.38 Å². The van der Waals surface area contributed by atoms with Gasteiger partial charge in [-0.15, -0.1) is 0 Å². The molecule has 4 rings (SSSR count). The van der Waals surface area contributed by atoms with Gasteiger partial charge < -0.3 is 19.2 Å². The summed E-state index contributed by atoms with van der Waals surface area (Å²) in [6.45, 7) is 0. The third-order valence-corrected chi connectivity index (χ3v) is 4.90. The first-order valence-corrected chi connectivity index (χ1v) is 9.72. The summed E-state index contributed by atoms with van der Waals surface area (Å²) in [5, 5.41) is 2.93. The standard InChI is InChI=1S/C24H23N3O3/c1-29-19-14-18(15-20(16-19)30-2)25-23(28)12-11-21-24(17-8-4-3-5-9-17)26-22-10-6-7-13-27(21)22/h3-10,13-16H,11-12H2,1-2H3,(H,25,28). The fourth-order valence-electron chi connectivity index (χ4n) is 3.45. The molecule has 0 aliphatic heterocycles. The Morgan fingerprint density at radius 3 is 2.37 bits per heavy atom. The van der Waals surface area contributed by atoms with Crippen LogP contribution in [0.4, 0.5) is 5.69 Å². The Kier molecular flexibility index (Phi) is 5.66. The highest BCUT2D eigenvalue weighted by Gasteiger charge is 2.15. The van der Waals surface area contributed by atoms with Crippen LogP contribution in [-0.2, 0) is 11.2 Å². The van der Waals surface area contributed by atoms with Crippen LogP contribution in [-0.4, -0.2) is 29.5 Å². The van der Waals surface area contributed by atoms with Gasteiger partial charge in [-0.05, 0) is 18.6 Å². The van der Waals surface area contributed by atoms with Gasteiger partial charge in [0, 0.05) is 42.1 Å². The molecular formula is C24H23N3O3. The average molecular weight is 401 g/mol. The molecule has 0 unspecified atom stereocenters. The van der Waals surface area contributed by atoms with Gasteiger partial charge in [-0.3, -0.25) is 4.79 Å². The zero-order chi connectivity index (χ0) is 20.9. The lowest BCUT2D eigenvalue weighted by molar-refractivity contribution is -0.116. The van der Waals surface area contributed by atoms with E-state index in [9.17, 15) is 4.79 Å². The first kappa shape index (κ1) is 19.5. The number of amides is 1. The van der Waals surface area contributed by atoms with Crippen molar-refractivity contribution in [2.24, 2.45) is 0 Å². The lowest BCUT2D eigenvalue weighted by Gasteiger charge is -2.10. The van der Waals surface area contributed by atoms with Crippen LogP contribution in [0.3, 0.4) is 0 Å². The fourth-order valence-corrected chi connectivity index (χ4v) is 3.45. The highest BCUT2D eigenvalue weighted by Crippen LogP contribution is 2.27. The number of aromatic nitrogens is 2. The Morgan fingerprint density at radius 1 is 0.967 bits per heavy atom. The maximum absolute atomic E-state index is 12.7. The van der Waals surface area contributed by atoms with Gasteiger partial charge in [0.1, 0.15) is 17.1 Å². The molecule has 0 atom stereocenters. The normalized spacial score (nSPS) is 10.7. The van der Waals surface area contributed by atoms with Crippen LogP contribution in [0.5, 0.6) is 11.5 Å². The van der Waals surface area contributed by atoms with E-state index in [-0.39, 0.29) is 5.91 Å². The Morgan fingerprint density at radius 2 is 1.67 bits per heavy atom. The third-order valence-electron chi connectivity index (χ3n) is 4.90. The van der Waals surface area contributed by atoms with Crippen molar-refractivity contribution in [2.75, 3.05) is 19.5 Å². The maximum atomic E-state index is 12.7. The summed E-state index contributed by atoms with van der Waals surface area (Å²) >= 11 is 0. The summed E-state index contributed by atoms with van der Waals surface area (Å²) in [5.74, 6) is 1.16. The average Bonchev–Trinajstić information content (AvgIpc) is 3.16. The molecule has 2 aromatic carbocycles. The summed E-state index contributed by atoms with van der Waals surface area (Å²) < 4.78 is 12.6. The number of pyridine rings is 1. The molecule has 2 aromatic heterocycles. The van der Waals surface area contributed by atoms with Crippen molar-refractivity contribution in [2.45, 2.75) is 12.8 Å². The second-order valence-electron chi connectivity index (χ2n) is 6.85. The van der Waals surface area contributed by atoms with Crippen LogP contribution in [0.15, 0.2) is 72.9 Å². The summed E-state index contributed by atoms with van der Waals surface area (Å²) in [6, 6.07) is 21.2. The number of ether oxygens (including phenoxy) is 2. The highest BCUT2D eigenvalue weighted by molar-refractivity contribution is 5.91. The molecule has 0 saturated carbocycles.